The molecule has 1 saturated heterocycles. The second-order valence-electron chi connectivity index (χ2n) is 9.06. The Morgan fingerprint density at radius 1 is 1.18 bits per heavy atom. The van der Waals surface area contributed by atoms with E-state index >= 15 is 0 Å². The molecule has 4 rings (SSSR count). The van der Waals surface area contributed by atoms with Crippen LogP contribution in [0.1, 0.15) is 42.8 Å². The third kappa shape index (κ3) is 5.16. The van der Waals surface area contributed by atoms with Gasteiger partial charge in [0.2, 0.25) is 11.8 Å². The summed E-state index contributed by atoms with van der Waals surface area (Å²) in [6.45, 7) is 3.35. The van der Waals surface area contributed by atoms with Crippen molar-refractivity contribution in [1.29, 1.82) is 0 Å². The van der Waals surface area contributed by atoms with Gasteiger partial charge >= 0.3 is 0 Å². The number of anilines is 1. The van der Waals surface area contributed by atoms with Crippen LogP contribution < -0.4 is 4.90 Å². The van der Waals surface area contributed by atoms with E-state index in [1.54, 1.807) is 18.9 Å². The standard InChI is InChI=1S/C25H32N6O2/c1-17(32)30(4)16-20-13-23(29(2)3)28-25(27-20)18-8-7-11-31(15-18)24(33)12-19-14-26-22-10-6-5-9-21(19)22/h5-6,9-10,13-14,18,26H,7-8,11-12,15-16H2,1-4H3. The first-order valence-corrected chi connectivity index (χ1v) is 11.4. The number of carbonyl (C=O) groups is 2. The van der Waals surface area contributed by atoms with Crippen LogP contribution in [0.4, 0.5) is 5.82 Å². The summed E-state index contributed by atoms with van der Waals surface area (Å²) in [7, 11) is 5.66. The quantitative estimate of drug-likeness (QED) is 0.627. The largest absolute Gasteiger partial charge is 0.363 e. The Morgan fingerprint density at radius 2 is 1.97 bits per heavy atom. The zero-order chi connectivity index (χ0) is 23.5. The number of hydrogen-bond acceptors (Lipinski definition) is 5. The van der Waals surface area contributed by atoms with Gasteiger partial charge in [-0.3, -0.25) is 9.59 Å². The first-order chi connectivity index (χ1) is 15.8. The van der Waals surface area contributed by atoms with Gasteiger partial charge in [0, 0.05) is 70.2 Å². The van der Waals surface area contributed by atoms with Crippen LogP contribution in [-0.4, -0.2) is 70.8 Å². The Morgan fingerprint density at radius 3 is 2.73 bits per heavy atom. The smallest absolute Gasteiger partial charge is 0.227 e. The lowest BCUT2D eigenvalue weighted by atomic mass is 9.96. The Hall–Kier alpha value is -3.42. The van der Waals surface area contributed by atoms with Crippen LogP contribution in [0.2, 0.25) is 0 Å². The summed E-state index contributed by atoms with van der Waals surface area (Å²) < 4.78 is 0. The van der Waals surface area contributed by atoms with Gasteiger partial charge in [-0.2, -0.15) is 0 Å². The van der Waals surface area contributed by atoms with E-state index in [-0.39, 0.29) is 17.7 Å². The van der Waals surface area contributed by atoms with Gasteiger partial charge in [-0.25, -0.2) is 9.97 Å². The number of piperidine rings is 1. The van der Waals surface area contributed by atoms with Gasteiger partial charge in [0.25, 0.3) is 0 Å². The maximum absolute atomic E-state index is 13.2. The summed E-state index contributed by atoms with van der Waals surface area (Å²) in [6.07, 6.45) is 4.17. The molecule has 2 aromatic heterocycles. The minimum atomic E-state index is -0.00622. The van der Waals surface area contributed by atoms with Crippen LogP contribution in [0.25, 0.3) is 10.9 Å². The number of aromatic nitrogens is 3. The second-order valence-corrected chi connectivity index (χ2v) is 9.06. The molecule has 0 bridgehead atoms. The van der Waals surface area contributed by atoms with Gasteiger partial charge in [0.1, 0.15) is 11.6 Å². The van der Waals surface area contributed by atoms with E-state index in [4.69, 9.17) is 9.97 Å². The molecule has 174 valence electrons. The molecule has 1 aliphatic heterocycles. The number of fused-ring (bicyclic) bond motifs is 1. The number of H-pyrrole nitrogens is 1. The zero-order valence-corrected chi connectivity index (χ0v) is 19.8. The average molecular weight is 449 g/mol. The van der Waals surface area contributed by atoms with Crippen LogP contribution in [0.5, 0.6) is 0 Å². The van der Waals surface area contributed by atoms with Gasteiger partial charge in [-0.1, -0.05) is 18.2 Å². The van der Waals surface area contributed by atoms with E-state index in [2.05, 4.69) is 4.98 Å². The fourth-order valence-corrected chi connectivity index (χ4v) is 4.32. The maximum atomic E-state index is 13.2. The number of benzene rings is 1. The van der Waals surface area contributed by atoms with Crippen LogP contribution >= 0.6 is 0 Å². The molecular weight excluding hydrogens is 416 g/mol. The molecule has 0 saturated carbocycles. The van der Waals surface area contributed by atoms with Crippen LogP contribution in [0.3, 0.4) is 0 Å². The molecule has 0 aliphatic carbocycles. The molecular formula is C25H32N6O2. The first kappa shape index (κ1) is 22.8. The SMILES string of the molecule is CC(=O)N(C)Cc1cc(N(C)C)nc(C2CCCN(C(=O)Cc3c[nH]c4ccccc34)C2)n1. The lowest BCUT2D eigenvalue weighted by Crippen LogP contribution is -2.40. The lowest BCUT2D eigenvalue weighted by Gasteiger charge is -2.32. The highest BCUT2D eigenvalue weighted by atomic mass is 16.2. The van der Waals surface area contributed by atoms with E-state index in [0.29, 0.717) is 19.5 Å². The van der Waals surface area contributed by atoms with E-state index in [9.17, 15) is 9.59 Å². The molecule has 0 radical (unpaired) electrons. The van der Waals surface area contributed by atoms with Crippen molar-refractivity contribution in [2.45, 2.75) is 38.6 Å². The molecule has 1 aliphatic rings. The number of likely N-dealkylation sites (tertiary alicyclic amines) is 1. The molecule has 8 heteroatoms. The second kappa shape index (κ2) is 9.60. The van der Waals surface area contributed by atoms with Crippen molar-refractivity contribution in [3.63, 3.8) is 0 Å². The van der Waals surface area contributed by atoms with E-state index in [1.165, 1.54) is 0 Å². The number of hydrogen-bond donors (Lipinski definition) is 1. The predicted molar refractivity (Wildman–Crippen MR) is 129 cm³/mol. The molecule has 33 heavy (non-hydrogen) atoms. The normalized spacial score (nSPS) is 16.1. The van der Waals surface area contributed by atoms with E-state index in [1.807, 2.05) is 60.4 Å². The Labute approximate surface area is 194 Å². The summed E-state index contributed by atoms with van der Waals surface area (Å²) in [5, 5.41) is 1.10. The summed E-state index contributed by atoms with van der Waals surface area (Å²) in [6, 6.07) is 9.98. The van der Waals surface area contributed by atoms with Gasteiger partial charge in [-0.15, -0.1) is 0 Å². The fraction of sp³-hybridized carbons (Fsp3) is 0.440. The minimum absolute atomic E-state index is 0.00622. The van der Waals surface area contributed by atoms with Crippen molar-refractivity contribution >= 4 is 28.5 Å². The zero-order valence-electron chi connectivity index (χ0n) is 19.8. The van der Waals surface area contributed by atoms with Gasteiger partial charge in [-0.05, 0) is 24.5 Å². The summed E-state index contributed by atoms with van der Waals surface area (Å²) >= 11 is 0. The van der Waals surface area contributed by atoms with Crippen LogP contribution in [-0.2, 0) is 22.6 Å². The number of aromatic amines is 1. The lowest BCUT2D eigenvalue weighted by molar-refractivity contribution is -0.131. The third-order valence-corrected chi connectivity index (χ3v) is 6.33. The van der Waals surface area contributed by atoms with Crippen molar-refractivity contribution in [2.24, 2.45) is 0 Å². The number of nitrogens with zero attached hydrogens (tertiary/aromatic N) is 5. The minimum Gasteiger partial charge on any atom is -0.363 e. The third-order valence-electron chi connectivity index (χ3n) is 6.33. The summed E-state index contributed by atoms with van der Waals surface area (Å²) in [5.41, 5.74) is 2.88. The Kier molecular flexibility index (Phi) is 6.62. The van der Waals surface area contributed by atoms with E-state index < -0.39 is 0 Å². The van der Waals surface area contributed by atoms with Crippen molar-refractivity contribution < 1.29 is 9.59 Å². The predicted octanol–water partition coefficient (Wildman–Crippen LogP) is 2.95. The molecule has 1 aromatic carbocycles. The number of nitrogens with one attached hydrogen (secondary N) is 1. The molecule has 3 heterocycles. The van der Waals surface area contributed by atoms with Crippen molar-refractivity contribution in [3.05, 3.63) is 53.6 Å². The Bertz CT molecular complexity index is 1150. The van der Waals surface area contributed by atoms with E-state index in [0.717, 1.165) is 53.2 Å². The maximum Gasteiger partial charge on any atom is 0.227 e. The number of carbonyl (C=O) groups excluding carboxylic acids is 2. The Balaban J connectivity index is 1.52. The highest BCUT2D eigenvalue weighted by Gasteiger charge is 2.28. The molecule has 2 amide bonds. The van der Waals surface area contributed by atoms with Crippen molar-refractivity contribution in [3.8, 4) is 0 Å². The topological polar surface area (TPSA) is 85.4 Å². The molecule has 1 N–H and O–H groups in total. The van der Waals surface area contributed by atoms with Gasteiger partial charge < -0.3 is 19.7 Å². The summed E-state index contributed by atoms with van der Waals surface area (Å²) in [5.74, 6) is 1.76. The molecule has 8 nitrogen and oxygen atoms in total. The summed E-state index contributed by atoms with van der Waals surface area (Å²) in [4.78, 5) is 43.3. The molecule has 0 spiro atoms. The monoisotopic (exact) mass is 448 g/mol. The number of rotatable bonds is 6. The molecule has 1 fully saturated rings. The van der Waals surface area contributed by atoms with Crippen molar-refractivity contribution in [2.75, 3.05) is 39.1 Å². The highest BCUT2D eigenvalue weighted by Crippen LogP contribution is 2.27. The molecule has 3 aromatic rings. The van der Waals surface area contributed by atoms with Crippen LogP contribution in [0, 0.1) is 0 Å². The fourth-order valence-electron chi connectivity index (χ4n) is 4.32. The highest BCUT2D eigenvalue weighted by molar-refractivity contribution is 5.89. The number of amides is 2. The number of para-hydroxylation sites is 1. The molecule has 1 atom stereocenters. The molecule has 1 unspecified atom stereocenters. The van der Waals surface area contributed by atoms with Gasteiger partial charge in [0.05, 0.1) is 18.7 Å². The van der Waals surface area contributed by atoms with Crippen LogP contribution in [0.15, 0.2) is 36.5 Å². The first-order valence-electron chi connectivity index (χ1n) is 11.4. The average Bonchev–Trinajstić information content (AvgIpc) is 3.21. The van der Waals surface area contributed by atoms with Crippen molar-refractivity contribution in [1.82, 2.24) is 24.8 Å². The van der Waals surface area contributed by atoms with Gasteiger partial charge in [0.15, 0.2) is 0 Å².